The Morgan fingerprint density at radius 2 is 2.25 bits per heavy atom. The summed E-state index contributed by atoms with van der Waals surface area (Å²) in [5.41, 5.74) is 0. The molecule has 4 nitrogen and oxygen atoms in total. The highest BCUT2D eigenvalue weighted by Gasteiger charge is 2.46. The standard InChI is InChI=1S/C6H10N2O2S2/c1-8-4-2-12(9,10)3-5(4)11-6(8)7/h4-5,7H,2-3H2,1H3/t4-,5+/m0/s1. The van der Waals surface area contributed by atoms with Gasteiger partial charge in [0, 0.05) is 12.3 Å². The summed E-state index contributed by atoms with van der Waals surface area (Å²) in [7, 11) is -1.03. The number of fused-ring (bicyclic) bond motifs is 1. The minimum atomic E-state index is -2.82. The molecule has 1 N–H and O–H groups in total. The molecule has 0 unspecified atom stereocenters. The van der Waals surface area contributed by atoms with Crippen LogP contribution in [0.4, 0.5) is 0 Å². The summed E-state index contributed by atoms with van der Waals surface area (Å²) in [5, 5.41) is 8.08. The number of amidine groups is 1. The van der Waals surface area contributed by atoms with Gasteiger partial charge in [0.25, 0.3) is 0 Å². The molecule has 6 heteroatoms. The fourth-order valence-electron chi connectivity index (χ4n) is 1.65. The summed E-state index contributed by atoms with van der Waals surface area (Å²) in [6.07, 6.45) is 0. The Labute approximate surface area is 75.7 Å². The summed E-state index contributed by atoms with van der Waals surface area (Å²) in [5.74, 6) is 0.471. The van der Waals surface area contributed by atoms with Gasteiger partial charge in [-0.15, -0.1) is 0 Å². The number of nitrogens with one attached hydrogen (secondary N) is 1. The molecule has 0 aromatic rings. The van der Waals surface area contributed by atoms with Crippen LogP contribution in [0.1, 0.15) is 0 Å². The second-order valence-corrected chi connectivity index (χ2v) is 6.60. The van der Waals surface area contributed by atoms with E-state index in [-0.39, 0.29) is 22.8 Å². The number of hydrogen-bond donors (Lipinski definition) is 1. The van der Waals surface area contributed by atoms with E-state index < -0.39 is 9.84 Å². The van der Waals surface area contributed by atoms with Gasteiger partial charge in [-0.25, -0.2) is 8.42 Å². The molecule has 0 aromatic carbocycles. The molecule has 0 bridgehead atoms. The van der Waals surface area contributed by atoms with E-state index in [0.717, 1.165) is 0 Å². The van der Waals surface area contributed by atoms with Crippen LogP contribution in [0.3, 0.4) is 0 Å². The van der Waals surface area contributed by atoms with Crippen molar-refractivity contribution in [3.05, 3.63) is 0 Å². The first kappa shape index (κ1) is 8.37. The summed E-state index contributed by atoms with van der Waals surface area (Å²) >= 11 is 1.38. The Morgan fingerprint density at radius 1 is 1.58 bits per heavy atom. The molecule has 2 rings (SSSR count). The first-order valence-electron chi connectivity index (χ1n) is 3.68. The van der Waals surface area contributed by atoms with E-state index in [2.05, 4.69) is 0 Å². The van der Waals surface area contributed by atoms with Crippen molar-refractivity contribution in [2.45, 2.75) is 11.3 Å². The van der Waals surface area contributed by atoms with Crippen LogP contribution in [0.5, 0.6) is 0 Å². The maximum absolute atomic E-state index is 11.2. The third kappa shape index (κ3) is 1.13. The molecule has 0 amide bonds. The third-order valence-corrected chi connectivity index (χ3v) is 5.58. The summed E-state index contributed by atoms with van der Waals surface area (Å²) < 4.78 is 22.4. The first-order valence-corrected chi connectivity index (χ1v) is 6.38. The van der Waals surface area contributed by atoms with Crippen LogP contribution in [0.15, 0.2) is 0 Å². The predicted octanol–water partition coefficient (Wildman–Crippen LogP) is -0.235. The molecule has 2 saturated heterocycles. The van der Waals surface area contributed by atoms with Gasteiger partial charge in [-0.05, 0) is 0 Å². The second kappa shape index (κ2) is 2.38. The lowest BCUT2D eigenvalue weighted by Crippen LogP contribution is -2.33. The van der Waals surface area contributed by atoms with Crippen molar-refractivity contribution >= 4 is 26.8 Å². The van der Waals surface area contributed by atoms with Gasteiger partial charge >= 0.3 is 0 Å². The van der Waals surface area contributed by atoms with Gasteiger partial charge in [-0.3, -0.25) is 5.41 Å². The van der Waals surface area contributed by atoms with Crippen LogP contribution < -0.4 is 0 Å². The van der Waals surface area contributed by atoms with Gasteiger partial charge in [0.15, 0.2) is 15.0 Å². The molecule has 2 heterocycles. The molecule has 0 aliphatic carbocycles. The van der Waals surface area contributed by atoms with Crippen molar-refractivity contribution in [1.29, 1.82) is 5.41 Å². The quantitative estimate of drug-likeness (QED) is 0.594. The van der Waals surface area contributed by atoms with Crippen LogP contribution in [0.2, 0.25) is 0 Å². The van der Waals surface area contributed by atoms with E-state index in [9.17, 15) is 8.42 Å². The Morgan fingerprint density at radius 3 is 2.83 bits per heavy atom. The zero-order valence-electron chi connectivity index (χ0n) is 6.65. The van der Waals surface area contributed by atoms with Gasteiger partial charge in [-0.1, -0.05) is 11.8 Å². The molecule has 12 heavy (non-hydrogen) atoms. The lowest BCUT2D eigenvalue weighted by atomic mass is 10.2. The zero-order valence-corrected chi connectivity index (χ0v) is 8.28. The lowest BCUT2D eigenvalue weighted by Gasteiger charge is -2.16. The van der Waals surface area contributed by atoms with E-state index >= 15 is 0 Å². The average Bonchev–Trinajstić information content (AvgIpc) is 2.33. The fourth-order valence-corrected chi connectivity index (χ4v) is 5.52. The van der Waals surface area contributed by atoms with Crippen LogP contribution >= 0.6 is 11.8 Å². The summed E-state index contributed by atoms with van der Waals surface area (Å²) in [6, 6.07) is 0.0486. The van der Waals surface area contributed by atoms with Crippen LogP contribution in [-0.2, 0) is 9.84 Å². The predicted molar refractivity (Wildman–Crippen MR) is 49.3 cm³/mol. The molecule has 2 atom stereocenters. The fraction of sp³-hybridized carbons (Fsp3) is 0.833. The van der Waals surface area contributed by atoms with Crippen molar-refractivity contribution in [3.8, 4) is 0 Å². The zero-order chi connectivity index (χ0) is 8.93. The third-order valence-electron chi connectivity index (χ3n) is 2.35. The molecule has 0 spiro atoms. The van der Waals surface area contributed by atoms with Crippen LogP contribution in [0, 0.1) is 5.41 Å². The van der Waals surface area contributed by atoms with Gasteiger partial charge in [0.05, 0.1) is 17.5 Å². The van der Waals surface area contributed by atoms with E-state index in [0.29, 0.717) is 5.17 Å². The molecule has 2 aliphatic heterocycles. The normalized spacial score (nSPS) is 38.8. The molecule has 2 aliphatic rings. The minimum absolute atomic E-state index is 0.0486. The van der Waals surface area contributed by atoms with E-state index in [4.69, 9.17) is 5.41 Å². The average molecular weight is 206 g/mol. The molecule has 0 radical (unpaired) electrons. The van der Waals surface area contributed by atoms with Crippen LogP contribution in [0.25, 0.3) is 0 Å². The number of hydrogen-bond acceptors (Lipinski definition) is 4. The molecule has 68 valence electrons. The topological polar surface area (TPSA) is 61.2 Å². The van der Waals surface area contributed by atoms with E-state index in [1.54, 1.807) is 11.9 Å². The molecule has 2 fully saturated rings. The van der Waals surface area contributed by atoms with E-state index in [1.807, 2.05) is 0 Å². The van der Waals surface area contributed by atoms with Crippen molar-refractivity contribution < 1.29 is 8.42 Å². The monoisotopic (exact) mass is 206 g/mol. The Balaban J connectivity index is 2.27. The maximum Gasteiger partial charge on any atom is 0.156 e. The SMILES string of the molecule is CN1C(=N)S[C@@H]2CS(=O)(=O)C[C@@H]21. The number of thioether (sulfide) groups is 1. The Kier molecular flexibility index (Phi) is 1.66. The van der Waals surface area contributed by atoms with Crippen molar-refractivity contribution in [2.75, 3.05) is 18.6 Å². The highest BCUT2D eigenvalue weighted by atomic mass is 32.2. The summed E-state index contributed by atoms with van der Waals surface area (Å²) in [6.45, 7) is 0. The Hall–Kier alpha value is -0.230. The van der Waals surface area contributed by atoms with E-state index in [1.165, 1.54) is 11.8 Å². The molecule has 0 aromatic heterocycles. The van der Waals surface area contributed by atoms with Crippen molar-refractivity contribution in [1.82, 2.24) is 4.90 Å². The largest absolute Gasteiger partial charge is 0.350 e. The number of sulfone groups is 1. The van der Waals surface area contributed by atoms with Crippen LogP contribution in [-0.4, -0.2) is 48.3 Å². The lowest BCUT2D eigenvalue weighted by molar-refractivity contribution is 0.422. The molecular weight excluding hydrogens is 196 g/mol. The maximum atomic E-state index is 11.2. The van der Waals surface area contributed by atoms with Crippen molar-refractivity contribution in [2.24, 2.45) is 0 Å². The number of nitrogens with zero attached hydrogens (tertiary/aromatic N) is 1. The Bertz CT molecular complexity index is 324. The highest BCUT2D eigenvalue weighted by molar-refractivity contribution is 8.15. The van der Waals surface area contributed by atoms with Gasteiger partial charge in [-0.2, -0.15) is 0 Å². The van der Waals surface area contributed by atoms with Gasteiger partial charge in [0.1, 0.15) is 0 Å². The molecular formula is C6H10N2O2S2. The van der Waals surface area contributed by atoms with Crippen molar-refractivity contribution in [3.63, 3.8) is 0 Å². The van der Waals surface area contributed by atoms with Gasteiger partial charge < -0.3 is 4.90 Å². The highest BCUT2D eigenvalue weighted by Crippen LogP contribution is 2.35. The summed E-state index contributed by atoms with van der Waals surface area (Å²) in [4.78, 5) is 1.76. The minimum Gasteiger partial charge on any atom is -0.350 e. The first-order chi connectivity index (χ1) is 5.49. The second-order valence-electron chi connectivity index (χ2n) is 3.22. The van der Waals surface area contributed by atoms with Gasteiger partial charge in [0.2, 0.25) is 0 Å². The number of rotatable bonds is 0. The smallest absolute Gasteiger partial charge is 0.156 e. The molecule has 0 saturated carbocycles.